The number of azo groups is 2. The molecule has 2 aromatic carbocycles. The van der Waals surface area contributed by atoms with Gasteiger partial charge in [0.2, 0.25) is 11.7 Å². The van der Waals surface area contributed by atoms with Crippen molar-refractivity contribution < 1.29 is 4.70 Å². The van der Waals surface area contributed by atoms with E-state index >= 15 is 0 Å². The molecule has 0 radical (unpaired) electrons. The van der Waals surface area contributed by atoms with Crippen LogP contribution in [0.1, 0.15) is 37.9 Å². The van der Waals surface area contributed by atoms with Crippen molar-refractivity contribution in [3.05, 3.63) is 77.5 Å². The zero-order valence-electron chi connectivity index (χ0n) is 13.7. The summed E-state index contributed by atoms with van der Waals surface area (Å²) in [5, 5.41) is 4.72. The average Bonchev–Trinajstić information content (AvgIpc) is 2.93. The maximum atomic E-state index is 4.72. The van der Waals surface area contributed by atoms with Gasteiger partial charge in [-0.1, -0.05) is 67.9 Å². The first-order chi connectivity index (χ1) is 10.5. The minimum Gasteiger partial charge on any atom is -0.0732 e. The largest absolute Gasteiger partial charge is 0.233 e. The highest BCUT2D eigenvalue weighted by Crippen LogP contribution is 2.43. The van der Waals surface area contributed by atoms with Gasteiger partial charge in [0, 0.05) is 23.3 Å². The van der Waals surface area contributed by atoms with E-state index in [-0.39, 0.29) is 11.5 Å². The van der Waals surface area contributed by atoms with Gasteiger partial charge in [-0.15, -0.1) is 0 Å². The molecule has 3 rings (SSSR count). The van der Waals surface area contributed by atoms with E-state index in [9.17, 15) is 0 Å². The zero-order valence-corrected chi connectivity index (χ0v) is 13.7. The fraction of sp³-hybridized carbons (Fsp3) is 0.300. The van der Waals surface area contributed by atoms with Crippen molar-refractivity contribution in [3.8, 4) is 0 Å². The molecule has 1 aliphatic heterocycles. The quantitative estimate of drug-likeness (QED) is 0.624. The van der Waals surface area contributed by atoms with Crippen molar-refractivity contribution >= 4 is 5.69 Å². The summed E-state index contributed by atoms with van der Waals surface area (Å²) < 4.78 is 2.14. The topological polar surface area (TPSA) is 15.4 Å². The van der Waals surface area contributed by atoms with Crippen molar-refractivity contribution in [2.24, 2.45) is 10.5 Å². The fourth-order valence-corrected chi connectivity index (χ4v) is 2.94. The lowest BCUT2D eigenvalue weighted by molar-refractivity contribution is -0.539. The Balaban J connectivity index is 2.08. The summed E-state index contributed by atoms with van der Waals surface area (Å²) in [5.41, 5.74) is 5.11. The molecule has 1 heterocycles. The number of aryl methyl sites for hydroxylation is 1. The molecule has 22 heavy (non-hydrogen) atoms. The maximum Gasteiger partial charge on any atom is 0.233 e. The van der Waals surface area contributed by atoms with Crippen LogP contribution in [0.15, 0.2) is 71.5 Å². The Morgan fingerprint density at radius 1 is 0.955 bits per heavy atom. The minimum atomic E-state index is 0.0859. The number of benzene rings is 2. The highest BCUT2D eigenvalue weighted by atomic mass is 15.3. The SMILES string of the molecule is Cc1cccc([N+]2=NC=C(C(C)(C)C)C2c2ccccc2)c1. The molecule has 0 spiro atoms. The molecule has 0 saturated carbocycles. The van der Waals surface area contributed by atoms with Crippen molar-refractivity contribution in [2.75, 3.05) is 0 Å². The van der Waals surface area contributed by atoms with Crippen LogP contribution < -0.4 is 0 Å². The second kappa shape index (κ2) is 5.53. The highest BCUT2D eigenvalue weighted by Gasteiger charge is 2.40. The van der Waals surface area contributed by atoms with Crippen LogP contribution in [0.4, 0.5) is 5.69 Å². The van der Waals surface area contributed by atoms with E-state index in [2.05, 4.69) is 87.0 Å². The molecule has 1 atom stereocenters. The van der Waals surface area contributed by atoms with Gasteiger partial charge in [0.15, 0.2) is 0 Å². The molecule has 0 fully saturated rings. The Morgan fingerprint density at radius 3 is 2.32 bits per heavy atom. The molecule has 1 aliphatic rings. The van der Waals surface area contributed by atoms with Crippen LogP contribution in [-0.4, -0.2) is 4.70 Å². The molecule has 2 aromatic rings. The van der Waals surface area contributed by atoms with Crippen molar-refractivity contribution in [3.63, 3.8) is 0 Å². The van der Waals surface area contributed by atoms with E-state index in [4.69, 9.17) is 5.11 Å². The molecular weight excluding hydrogens is 268 g/mol. The second-order valence-electron chi connectivity index (χ2n) is 6.95. The third-order valence-corrected chi connectivity index (χ3v) is 4.11. The van der Waals surface area contributed by atoms with Gasteiger partial charge in [0.25, 0.3) is 0 Å². The van der Waals surface area contributed by atoms with Crippen LogP contribution in [0.25, 0.3) is 0 Å². The van der Waals surface area contributed by atoms with Gasteiger partial charge in [-0.2, -0.15) is 0 Å². The van der Waals surface area contributed by atoms with Crippen LogP contribution in [-0.2, 0) is 0 Å². The third kappa shape index (κ3) is 2.74. The predicted octanol–water partition coefficient (Wildman–Crippen LogP) is 5.78. The lowest BCUT2D eigenvalue weighted by atomic mass is 9.80. The normalized spacial score (nSPS) is 18.1. The average molecular weight is 291 g/mol. The Kier molecular flexibility index (Phi) is 3.69. The van der Waals surface area contributed by atoms with E-state index < -0.39 is 0 Å². The van der Waals surface area contributed by atoms with E-state index in [1.54, 1.807) is 0 Å². The summed E-state index contributed by atoms with van der Waals surface area (Å²) >= 11 is 0. The van der Waals surface area contributed by atoms with Gasteiger partial charge in [0.1, 0.15) is 6.20 Å². The fourth-order valence-electron chi connectivity index (χ4n) is 2.94. The number of hydrogen-bond donors (Lipinski definition) is 0. The summed E-state index contributed by atoms with van der Waals surface area (Å²) in [4.78, 5) is 0. The predicted molar refractivity (Wildman–Crippen MR) is 90.2 cm³/mol. The maximum absolute atomic E-state index is 4.72. The van der Waals surface area contributed by atoms with Gasteiger partial charge in [-0.05, 0) is 23.0 Å². The van der Waals surface area contributed by atoms with E-state index in [0.29, 0.717) is 0 Å². The standard InChI is InChI=1S/C20H23N2/c1-15-9-8-12-17(13-15)22-19(16-10-6-5-7-11-16)18(14-21-22)20(2,3)4/h5-14,19H,1-4H3/q+1. The zero-order chi connectivity index (χ0) is 15.7. The van der Waals surface area contributed by atoms with Gasteiger partial charge >= 0.3 is 0 Å². The lowest BCUT2D eigenvalue weighted by Gasteiger charge is -2.23. The molecule has 0 amide bonds. The molecule has 0 aliphatic carbocycles. The van der Waals surface area contributed by atoms with Gasteiger partial charge in [-0.25, -0.2) is 0 Å². The first kappa shape index (κ1) is 14.7. The summed E-state index contributed by atoms with van der Waals surface area (Å²) in [6.45, 7) is 8.88. The van der Waals surface area contributed by atoms with Gasteiger partial charge in [-0.3, -0.25) is 0 Å². The second-order valence-corrected chi connectivity index (χ2v) is 6.95. The summed E-state index contributed by atoms with van der Waals surface area (Å²) in [6.07, 6.45) is 2.04. The number of rotatable bonds is 2. The molecular formula is C20H23N2+. The molecule has 1 unspecified atom stereocenters. The highest BCUT2D eigenvalue weighted by molar-refractivity contribution is 5.37. The lowest BCUT2D eigenvalue weighted by Crippen LogP contribution is -2.20. The number of hydrogen-bond acceptors (Lipinski definition) is 1. The summed E-state index contributed by atoms with van der Waals surface area (Å²) in [5.74, 6) is 0. The Morgan fingerprint density at radius 2 is 1.68 bits per heavy atom. The first-order valence-electron chi connectivity index (χ1n) is 7.79. The monoisotopic (exact) mass is 291 g/mol. The molecule has 2 nitrogen and oxygen atoms in total. The van der Waals surface area contributed by atoms with E-state index in [0.717, 1.165) is 5.69 Å². The van der Waals surface area contributed by atoms with Crippen LogP contribution in [0, 0.1) is 12.3 Å². The van der Waals surface area contributed by atoms with Crippen LogP contribution in [0.5, 0.6) is 0 Å². The van der Waals surface area contributed by atoms with E-state index in [1.807, 2.05) is 6.20 Å². The first-order valence-corrected chi connectivity index (χ1v) is 7.79. The molecule has 0 aromatic heterocycles. The van der Waals surface area contributed by atoms with Gasteiger partial charge < -0.3 is 0 Å². The number of nitrogens with zero attached hydrogens (tertiary/aromatic N) is 2. The van der Waals surface area contributed by atoms with Crippen LogP contribution in [0.3, 0.4) is 0 Å². The van der Waals surface area contributed by atoms with Crippen LogP contribution >= 0.6 is 0 Å². The minimum absolute atomic E-state index is 0.0859. The Hall–Kier alpha value is -2.22. The van der Waals surface area contributed by atoms with E-state index in [1.165, 1.54) is 16.7 Å². The van der Waals surface area contributed by atoms with Crippen LogP contribution in [0.2, 0.25) is 0 Å². The summed E-state index contributed by atoms with van der Waals surface area (Å²) in [6, 6.07) is 19.3. The van der Waals surface area contributed by atoms with Gasteiger partial charge in [0.05, 0.1) is 0 Å². The summed E-state index contributed by atoms with van der Waals surface area (Å²) in [7, 11) is 0. The van der Waals surface area contributed by atoms with Crippen molar-refractivity contribution in [2.45, 2.75) is 33.7 Å². The molecule has 0 saturated heterocycles. The molecule has 2 heteroatoms. The van der Waals surface area contributed by atoms with Crippen molar-refractivity contribution in [1.29, 1.82) is 0 Å². The molecule has 0 bridgehead atoms. The molecule has 0 N–H and O–H groups in total. The smallest absolute Gasteiger partial charge is 0.0732 e. The third-order valence-electron chi connectivity index (χ3n) is 4.11. The Labute approximate surface area is 132 Å². The van der Waals surface area contributed by atoms with Crippen molar-refractivity contribution in [1.82, 2.24) is 0 Å². The Bertz CT molecular complexity index is 734. The molecule has 112 valence electrons.